The minimum Gasteiger partial charge on any atom is -0.497 e. The second-order valence-corrected chi connectivity index (χ2v) is 8.15. The molecule has 2 atom stereocenters. The van der Waals surface area contributed by atoms with E-state index in [4.69, 9.17) is 4.74 Å². The van der Waals surface area contributed by atoms with Gasteiger partial charge in [-0.05, 0) is 55.2 Å². The van der Waals surface area contributed by atoms with Crippen molar-refractivity contribution >= 4 is 34.4 Å². The number of aryl methyl sites for hydroxylation is 1. The minimum atomic E-state index is -0.893. The van der Waals surface area contributed by atoms with Gasteiger partial charge in [-0.3, -0.25) is 9.59 Å². The summed E-state index contributed by atoms with van der Waals surface area (Å²) in [7, 11) is 1.54. The molecule has 1 aliphatic heterocycles. The first-order chi connectivity index (χ1) is 15.5. The molecule has 1 fully saturated rings. The third-order valence-corrected chi connectivity index (χ3v) is 6.19. The number of urea groups is 1. The fourth-order valence-electron chi connectivity index (χ4n) is 4.64. The first-order valence-corrected chi connectivity index (χ1v) is 10.7. The van der Waals surface area contributed by atoms with Gasteiger partial charge in [0.2, 0.25) is 5.91 Å². The number of aromatic amines is 1. The van der Waals surface area contributed by atoms with E-state index in [1.807, 2.05) is 18.2 Å². The first kappa shape index (κ1) is 20.1. The second-order valence-electron chi connectivity index (χ2n) is 8.15. The van der Waals surface area contributed by atoms with Crippen molar-refractivity contribution in [2.45, 2.75) is 37.8 Å². The average Bonchev–Trinajstić information content (AvgIpc) is 3.31. The summed E-state index contributed by atoms with van der Waals surface area (Å²) in [5.41, 5.74) is 3.78. The molecule has 32 heavy (non-hydrogen) atoms. The van der Waals surface area contributed by atoms with Crippen LogP contribution < -0.4 is 20.3 Å². The van der Waals surface area contributed by atoms with Gasteiger partial charge in [-0.15, -0.1) is 0 Å². The average molecular weight is 432 g/mol. The number of anilines is 1. The van der Waals surface area contributed by atoms with Gasteiger partial charge in [-0.2, -0.15) is 0 Å². The van der Waals surface area contributed by atoms with Crippen LogP contribution in [-0.2, 0) is 16.0 Å². The van der Waals surface area contributed by atoms with Crippen LogP contribution in [0.2, 0.25) is 0 Å². The molecule has 1 saturated heterocycles. The van der Waals surface area contributed by atoms with Gasteiger partial charge in [0.15, 0.2) is 0 Å². The Morgan fingerprint density at radius 3 is 2.72 bits per heavy atom. The van der Waals surface area contributed by atoms with Crippen LogP contribution in [0.4, 0.5) is 10.5 Å². The van der Waals surface area contributed by atoms with Crippen LogP contribution in [0.15, 0.2) is 48.5 Å². The number of aromatic nitrogens is 1. The maximum Gasteiger partial charge on any atom is 0.329 e. The van der Waals surface area contributed by atoms with E-state index in [9.17, 15) is 14.4 Å². The molecule has 2 aromatic carbocycles. The number of nitrogens with one attached hydrogen (secondary N) is 3. The van der Waals surface area contributed by atoms with Gasteiger partial charge in [0.05, 0.1) is 25.3 Å². The number of hydrogen-bond acceptors (Lipinski definition) is 4. The van der Waals surface area contributed by atoms with E-state index in [1.165, 1.54) is 10.9 Å². The zero-order valence-corrected chi connectivity index (χ0v) is 17.7. The quantitative estimate of drug-likeness (QED) is 0.539. The summed E-state index contributed by atoms with van der Waals surface area (Å²) in [5, 5.41) is 6.88. The van der Waals surface area contributed by atoms with Crippen molar-refractivity contribution in [3.63, 3.8) is 0 Å². The van der Waals surface area contributed by atoms with E-state index < -0.39 is 18.0 Å². The number of carbonyl (C=O) groups is 3. The van der Waals surface area contributed by atoms with Crippen LogP contribution >= 0.6 is 0 Å². The Morgan fingerprint density at radius 1 is 1.16 bits per heavy atom. The summed E-state index contributed by atoms with van der Waals surface area (Å²) in [5.74, 6) is -0.0810. The Balaban J connectivity index is 1.28. The van der Waals surface area contributed by atoms with Gasteiger partial charge in [0, 0.05) is 16.6 Å². The van der Waals surface area contributed by atoms with E-state index in [0.717, 1.165) is 35.4 Å². The third kappa shape index (κ3) is 3.47. The lowest BCUT2D eigenvalue weighted by atomic mass is 9.91. The SMILES string of the molecule is COc1ccc(N2C(=O)NC(CC(=O)NC3CCCc4c3[nH]c3ccccc43)C2=O)cc1. The number of nitrogens with zero attached hydrogens (tertiary/aromatic N) is 1. The summed E-state index contributed by atoms with van der Waals surface area (Å²) in [6.07, 6.45) is 2.67. The highest BCUT2D eigenvalue weighted by Gasteiger charge is 2.40. The standard InChI is InChI=1S/C24H24N4O4/c1-32-15-11-9-14(10-12-15)28-23(30)20(27-24(28)31)13-21(29)25-19-8-4-6-17-16-5-2-3-7-18(16)26-22(17)19/h2-3,5,7,9-12,19-20,26H,4,6,8,13H2,1H3,(H,25,29)(H,27,31). The van der Waals surface area contributed by atoms with E-state index >= 15 is 0 Å². The number of methoxy groups -OCH3 is 1. The molecule has 1 aromatic heterocycles. The first-order valence-electron chi connectivity index (χ1n) is 10.7. The van der Waals surface area contributed by atoms with Crippen molar-refractivity contribution in [3.8, 4) is 5.75 Å². The number of carbonyl (C=O) groups excluding carboxylic acids is 3. The molecule has 0 spiro atoms. The van der Waals surface area contributed by atoms with Gasteiger partial charge >= 0.3 is 6.03 Å². The summed E-state index contributed by atoms with van der Waals surface area (Å²) in [4.78, 5) is 42.6. The number of para-hydroxylation sites is 1. The van der Waals surface area contributed by atoms with Crippen LogP contribution in [0, 0.1) is 0 Å². The Morgan fingerprint density at radius 2 is 1.94 bits per heavy atom. The number of fused-ring (bicyclic) bond motifs is 3. The summed E-state index contributed by atoms with van der Waals surface area (Å²) >= 11 is 0. The molecule has 4 amide bonds. The van der Waals surface area contributed by atoms with Crippen molar-refractivity contribution < 1.29 is 19.1 Å². The van der Waals surface area contributed by atoms with Crippen molar-refractivity contribution in [3.05, 3.63) is 59.8 Å². The molecule has 2 heterocycles. The number of benzene rings is 2. The highest BCUT2D eigenvalue weighted by Crippen LogP contribution is 2.34. The molecule has 8 heteroatoms. The lowest BCUT2D eigenvalue weighted by Gasteiger charge is -2.24. The molecule has 1 aliphatic carbocycles. The fraction of sp³-hybridized carbons (Fsp3) is 0.292. The lowest BCUT2D eigenvalue weighted by molar-refractivity contribution is -0.126. The molecule has 8 nitrogen and oxygen atoms in total. The van der Waals surface area contributed by atoms with Crippen LogP contribution in [0.25, 0.3) is 10.9 Å². The molecule has 0 radical (unpaired) electrons. The normalized spacial score (nSPS) is 20.2. The summed E-state index contributed by atoms with van der Waals surface area (Å²) in [6.45, 7) is 0. The van der Waals surface area contributed by atoms with Gasteiger partial charge in [0.25, 0.3) is 5.91 Å². The van der Waals surface area contributed by atoms with E-state index in [1.54, 1.807) is 31.4 Å². The Bertz CT molecular complexity index is 1200. The zero-order chi connectivity index (χ0) is 22.2. The monoisotopic (exact) mass is 432 g/mol. The zero-order valence-electron chi connectivity index (χ0n) is 17.7. The molecule has 0 saturated carbocycles. The number of ether oxygens (including phenoxy) is 1. The molecule has 3 N–H and O–H groups in total. The maximum absolute atomic E-state index is 12.8. The molecule has 2 unspecified atom stereocenters. The molecular weight excluding hydrogens is 408 g/mol. The van der Waals surface area contributed by atoms with Gasteiger partial charge < -0.3 is 20.4 Å². The van der Waals surface area contributed by atoms with E-state index in [-0.39, 0.29) is 18.4 Å². The number of imide groups is 1. The summed E-state index contributed by atoms with van der Waals surface area (Å²) in [6, 6.07) is 13.2. The largest absolute Gasteiger partial charge is 0.497 e. The van der Waals surface area contributed by atoms with Gasteiger partial charge in [-0.1, -0.05) is 18.2 Å². The highest BCUT2D eigenvalue weighted by atomic mass is 16.5. The van der Waals surface area contributed by atoms with Crippen molar-refractivity contribution in [2.24, 2.45) is 0 Å². The number of amides is 4. The smallest absolute Gasteiger partial charge is 0.329 e. The van der Waals surface area contributed by atoms with E-state index in [2.05, 4.69) is 21.7 Å². The van der Waals surface area contributed by atoms with Crippen LogP contribution in [-0.4, -0.2) is 36.0 Å². The Kier molecular flexibility index (Phi) is 5.05. The molecule has 0 bridgehead atoms. The number of H-pyrrole nitrogens is 1. The molecular formula is C24H24N4O4. The van der Waals surface area contributed by atoms with Crippen molar-refractivity contribution in [1.82, 2.24) is 15.6 Å². The fourth-order valence-corrected chi connectivity index (χ4v) is 4.64. The van der Waals surface area contributed by atoms with Gasteiger partial charge in [0.1, 0.15) is 11.8 Å². The van der Waals surface area contributed by atoms with Crippen LogP contribution in [0.3, 0.4) is 0 Å². The highest BCUT2D eigenvalue weighted by molar-refractivity contribution is 6.22. The van der Waals surface area contributed by atoms with Crippen LogP contribution in [0.1, 0.15) is 36.6 Å². The lowest BCUT2D eigenvalue weighted by Crippen LogP contribution is -2.38. The maximum atomic E-state index is 12.8. The van der Waals surface area contributed by atoms with Crippen LogP contribution in [0.5, 0.6) is 5.75 Å². The molecule has 164 valence electrons. The molecule has 3 aromatic rings. The van der Waals surface area contributed by atoms with Crippen molar-refractivity contribution in [1.29, 1.82) is 0 Å². The van der Waals surface area contributed by atoms with E-state index in [0.29, 0.717) is 11.4 Å². The number of hydrogen-bond donors (Lipinski definition) is 3. The molecule has 2 aliphatic rings. The predicted molar refractivity (Wildman–Crippen MR) is 120 cm³/mol. The summed E-state index contributed by atoms with van der Waals surface area (Å²) < 4.78 is 5.12. The third-order valence-electron chi connectivity index (χ3n) is 6.19. The van der Waals surface area contributed by atoms with Crippen molar-refractivity contribution in [2.75, 3.05) is 12.0 Å². The molecule has 5 rings (SSSR count). The topological polar surface area (TPSA) is 104 Å². The second kappa shape index (κ2) is 8.03. The van der Waals surface area contributed by atoms with Gasteiger partial charge in [-0.25, -0.2) is 9.69 Å². The number of rotatable bonds is 5. The predicted octanol–water partition coefficient (Wildman–Crippen LogP) is 3.19. The minimum absolute atomic E-state index is 0.108. The Labute approximate surface area is 184 Å². The Hall–Kier alpha value is -3.81.